The van der Waals surface area contributed by atoms with Crippen molar-refractivity contribution in [2.24, 2.45) is 5.92 Å². The lowest BCUT2D eigenvalue weighted by molar-refractivity contribution is -0.162. The fourth-order valence-electron chi connectivity index (χ4n) is 3.23. The Morgan fingerprint density at radius 3 is 1.96 bits per heavy atom. The van der Waals surface area contributed by atoms with Crippen LogP contribution in [0.5, 0.6) is 0 Å². The molecule has 0 bridgehead atoms. The van der Waals surface area contributed by atoms with Crippen LogP contribution in [0.15, 0.2) is 60.7 Å². The number of hydrogen-bond acceptors (Lipinski definition) is 3. The highest BCUT2D eigenvalue weighted by molar-refractivity contribution is 5.73. The molecule has 0 heterocycles. The number of hydrogen-bond donors (Lipinski definition) is 0. The third kappa shape index (κ3) is 6.21. The summed E-state index contributed by atoms with van der Waals surface area (Å²) in [6.07, 6.45) is 0. The van der Waals surface area contributed by atoms with Crippen LogP contribution in [0.2, 0.25) is 0 Å². The quantitative estimate of drug-likeness (QED) is 0.595. The van der Waals surface area contributed by atoms with Crippen LogP contribution in [0.3, 0.4) is 0 Å². The zero-order valence-corrected chi connectivity index (χ0v) is 17.5. The maximum atomic E-state index is 12.7. The summed E-state index contributed by atoms with van der Waals surface area (Å²) in [7, 11) is 0. The normalized spacial score (nSPS) is 15.2. The van der Waals surface area contributed by atoms with Crippen molar-refractivity contribution in [3.63, 3.8) is 0 Å². The molecular formula is C24H33NO2. The smallest absolute Gasteiger partial charge is 0.310 e. The van der Waals surface area contributed by atoms with Gasteiger partial charge >= 0.3 is 5.97 Å². The molecule has 0 fully saturated rings. The molecule has 0 N–H and O–H groups in total. The van der Waals surface area contributed by atoms with Crippen LogP contribution in [-0.2, 0) is 16.1 Å². The van der Waals surface area contributed by atoms with Crippen LogP contribution in [-0.4, -0.2) is 22.5 Å². The minimum absolute atomic E-state index is 0.0373. The molecule has 2 rings (SSSR count). The van der Waals surface area contributed by atoms with Crippen molar-refractivity contribution in [2.45, 2.75) is 65.8 Å². The number of ether oxygens (including phenoxy) is 1. The van der Waals surface area contributed by atoms with Gasteiger partial charge in [0.05, 0.1) is 5.92 Å². The second-order valence-electron chi connectivity index (χ2n) is 8.31. The molecule has 0 aliphatic heterocycles. The molecule has 0 saturated carbocycles. The fraction of sp³-hybridized carbons (Fsp3) is 0.458. The Kier molecular flexibility index (Phi) is 7.20. The highest BCUT2D eigenvalue weighted by atomic mass is 16.6. The highest BCUT2D eigenvalue weighted by Gasteiger charge is 2.32. The van der Waals surface area contributed by atoms with Gasteiger partial charge in [-0.15, -0.1) is 0 Å². The molecule has 3 atom stereocenters. The van der Waals surface area contributed by atoms with Crippen LogP contribution >= 0.6 is 0 Å². The van der Waals surface area contributed by atoms with E-state index in [0.717, 1.165) is 6.54 Å². The summed E-state index contributed by atoms with van der Waals surface area (Å²) < 4.78 is 5.64. The predicted molar refractivity (Wildman–Crippen MR) is 111 cm³/mol. The van der Waals surface area contributed by atoms with Gasteiger partial charge in [-0.1, -0.05) is 67.6 Å². The topological polar surface area (TPSA) is 29.5 Å². The first-order valence-corrected chi connectivity index (χ1v) is 9.76. The zero-order chi connectivity index (χ0) is 20.0. The third-order valence-corrected chi connectivity index (χ3v) is 5.01. The lowest BCUT2D eigenvalue weighted by Crippen LogP contribution is -2.43. The number of rotatable bonds is 7. The standard InChI is InChI=1S/C24H33NO2/c1-18(23(26)27-24(4,5)6)19(2)25(17-21-13-9-7-10-14-21)20(3)22-15-11-8-12-16-22/h7-16,18-20H,17H2,1-6H3/t18-,19+,20+/m1/s1. The first-order chi connectivity index (χ1) is 12.7. The van der Waals surface area contributed by atoms with Gasteiger partial charge in [-0.3, -0.25) is 9.69 Å². The van der Waals surface area contributed by atoms with E-state index < -0.39 is 5.60 Å². The summed E-state index contributed by atoms with van der Waals surface area (Å²) in [5.41, 5.74) is 2.01. The van der Waals surface area contributed by atoms with Gasteiger partial charge in [0, 0.05) is 18.6 Å². The van der Waals surface area contributed by atoms with Crippen molar-refractivity contribution < 1.29 is 9.53 Å². The van der Waals surface area contributed by atoms with E-state index >= 15 is 0 Å². The lowest BCUT2D eigenvalue weighted by atomic mass is 9.96. The molecule has 0 amide bonds. The van der Waals surface area contributed by atoms with E-state index in [9.17, 15) is 4.79 Å². The van der Waals surface area contributed by atoms with Crippen LogP contribution in [0.25, 0.3) is 0 Å². The molecule has 3 nitrogen and oxygen atoms in total. The van der Waals surface area contributed by atoms with E-state index in [1.165, 1.54) is 11.1 Å². The van der Waals surface area contributed by atoms with Crippen molar-refractivity contribution in [3.05, 3.63) is 71.8 Å². The minimum atomic E-state index is -0.472. The molecule has 0 saturated heterocycles. The molecule has 0 radical (unpaired) electrons. The monoisotopic (exact) mass is 367 g/mol. The summed E-state index contributed by atoms with van der Waals surface area (Å²) >= 11 is 0. The van der Waals surface area contributed by atoms with Gasteiger partial charge in [-0.05, 0) is 45.7 Å². The van der Waals surface area contributed by atoms with E-state index in [4.69, 9.17) is 4.74 Å². The second kappa shape index (κ2) is 9.18. The summed E-state index contributed by atoms with van der Waals surface area (Å²) in [6.45, 7) is 12.8. The molecule has 3 heteroatoms. The lowest BCUT2D eigenvalue weighted by Gasteiger charge is -2.38. The molecule has 27 heavy (non-hydrogen) atoms. The van der Waals surface area contributed by atoms with Gasteiger partial charge in [0.1, 0.15) is 5.60 Å². The number of carbonyl (C=O) groups is 1. The molecule has 0 aliphatic rings. The largest absolute Gasteiger partial charge is 0.460 e. The van der Waals surface area contributed by atoms with Crippen LogP contribution < -0.4 is 0 Å². The Morgan fingerprint density at radius 1 is 0.926 bits per heavy atom. The Hall–Kier alpha value is -2.13. The second-order valence-corrected chi connectivity index (χ2v) is 8.31. The van der Waals surface area contributed by atoms with Crippen LogP contribution in [0, 0.1) is 5.92 Å². The summed E-state index contributed by atoms with van der Waals surface area (Å²) in [6, 6.07) is 21.1. The number of carbonyl (C=O) groups excluding carboxylic acids is 1. The van der Waals surface area contributed by atoms with Crippen molar-refractivity contribution in [2.75, 3.05) is 0 Å². The van der Waals surface area contributed by atoms with E-state index in [1.54, 1.807) is 0 Å². The van der Waals surface area contributed by atoms with Crippen LogP contribution in [0.4, 0.5) is 0 Å². The maximum absolute atomic E-state index is 12.7. The van der Waals surface area contributed by atoms with Gasteiger partial charge in [0.2, 0.25) is 0 Å². The Labute approximate surface area is 164 Å². The van der Waals surface area contributed by atoms with Gasteiger partial charge < -0.3 is 4.74 Å². The van der Waals surface area contributed by atoms with Crippen molar-refractivity contribution in [1.29, 1.82) is 0 Å². The van der Waals surface area contributed by atoms with Crippen molar-refractivity contribution in [1.82, 2.24) is 4.90 Å². The van der Waals surface area contributed by atoms with E-state index in [2.05, 4.69) is 67.3 Å². The Bertz CT molecular complexity index is 706. The summed E-state index contributed by atoms with van der Waals surface area (Å²) in [4.78, 5) is 15.1. The van der Waals surface area contributed by atoms with E-state index in [0.29, 0.717) is 0 Å². The number of esters is 1. The first kappa shape index (κ1) is 21.2. The summed E-state index contributed by atoms with van der Waals surface area (Å²) in [5, 5.41) is 0. The Balaban J connectivity index is 2.26. The summed E-state index contributed by atoms with van der Waals surface area (Å²) in [5.74, 6) is -0.368. The van der Waals surface area contributed by atoms with E-state index in [1.807, 2.05) is 39.8 Å². The molecule has 2 aromatic rings. The third-order valence-electron chi connectivity index (χ3n) is 5.01. The van der Waals surface area contributed by atoms with Gasteiger partial charge in [-0.2, -0.15) is 0 Å². The first-order valence-electron chi connectivity index (χ1n) is 9.76. The predicted octanol–water partition coefficient (Wildman–Crippen LogP) is 5.62. The number of nitrogens with zero attached hydrogens (tertiary/aromatic N) is 1. The molecular weight excluding hydrogens is 334 g/mol. The molecule has 0 spiro atoms. The van der Waals surface area contributed by atoms with Crippen molar-refractivity contribution in [3.8, 4) is 0 Å². The fourth-order valence-corrected chi connectivity index (χ4v) is 3.23. The molecule has 2 aromatic carbocycles. The van der Waals surface area contributed by atoms with Crippen molar-refractivity contribution >= 4 is 5.97 Å². The average molecular weight is 368 g/mol. The molecule has 146 valence electrons. The van der Waals surface area contributed by atoms with Gasteiger partial charge in [-0.25, -0.2) is 0 Å². The SMILES string of the molecule is C[C@@H](C(=O)OC(C)(C)C)[C@H](C)N(Cc1ccccc1)[C@@H](C)c1ccccc1. The molecule has 0 aromatic heterocycles. The number of benzene rings is 2. The zero-order valence-electron chi connectivity index (χ0n) is 17.5. The van der Waals surface area contributed by atoms with E-state index in [-0.39, 0.29) is 24.0 Å². The average Bonchev–Trinajstić information content (AvgIpc) is 2.64. The maximum Gasteiger partial charge on any atom is 0.310 e. The van der Waals surface area contributed by atoms with Crippen LogP contribution in [0.1, 0.15) is 58.7 Å². The molecule has 0 unspecified atom stereocenters. The van der Waals surface area contributed by atoms with Gasteiger partial charge in [0.15, 0.2) is 0 Å². The van der Waals surface area contributed by atoms with Gasteiger partial charge in [0.25, 0.3) is 0 Å². The Morgan fingerprint density at radius 2 is 1.44 bits per heavy atom. The minimum Gasteiger partial charge on any atom is -0.460 e. The highest BCUT2D eigenvalue weighted by Crippen LogP contribution is 2.28. The molecule has 0 aliphatic carbocycles.